The van der Waals surface area contributed by atoms with Gasteiger partial charge in [0.25, 0.3) is 0 Å². The van der Waals surface area contributed by atoms with Crippen LogP contribution in [0.15, 0.2) is 24.3 Å². The molecule has 0 radical (unpaired) electrons. The number of hydrogen-bond acceptors (Lipinski definition) is 4. The summed E-state index contributed by atoms with van der Waals surface area (Å²) in [6.07, 6.45) is 3.15. The van der Waals surface area contributed by atoms with Crippen LogP contribution in [0.3, 0.4) is 0 Å². The minimum atomic E-state index is 0.552. The van der Waals surface area contributed by atoms with Gasteiger partial charge in [0.15, 0.2) is 5.82 Å². The number of nitrogens with two attached hydrogens (primary N) is 1. The fourth-order valence-electron chi connectivity index (χ4n) is 2.10. The summed E-state index contributed by atoms with van der Waals surface area (Å²) in [6.45, 7) is 0.582. The third-order valence-corrected chi connectivity index (χ3v) is 3.32. The molecule has 2 N–H and O–H groups in total. The van der Waals surface area contributed by atoms with Crippen molar-refractivity contribution >= 4 is 0 Å². The van der Waals surface area contributed by atoms with Crippen molar-refractivity contribution in [3.8, 4) is 11.4 Å². The molecule has 1 aromatic heterocycles. The molecule has 0 unspecified atom stereocenters. The van der Waals surface area contributed by atoms with Crippen molar-refractivity contribution in [1.29, 1.82) is 0 Å². The molecule has 1 fully saturated rings. The molecule has 1 aromatic carbocycles. The van der Waals surface area contributed by atoms with Gasteiger partial charge in [0.2, 0.25) is 0 Å². The van der Waals surface area contributed by atoms with Crippen LogP contribution in [0.5, 0.6) is 5.75 Å². The van der Waals surface area contributed by atoms with Gasteiger partial charge < -0.3 is 10.5 Å². The van der Waals surface area contributed by atoms with Crippen LogP contribution < -0.4 is 10.5 Å². The first-order valence-electron chi connectivity index (χ1n) is 6.62. The van der Waals surface area contributed by atoms with E-state index in [4.69, 9.17) is 10.5 Å². The molecule has 0 saturated heterocycles. The fourth-order valence-corrected chi connectivity index (χ4v) is 2.10. The topological polar surface area (TPSA) is 66.0 Å². The summed E-state index contributed by atoms with van der Waals surface area (Å²) < 4.78 is 7.07. The lowest BCUT2D eigenvalue weighted by Gasteiger charge is -2.06. The van der Waals surface area contributed by atoms with Gasteiger partial charge in [0.1, 0.15) is 11.6 Å². The van der Waals surface area contributed by atoms with Gasteiger partial charge in [-0.2, -0.15) is 5.10 Å². The Morgan fingerprint density at radius 1 is 1.32 bits per heavy atom. The van der Waals surface area contributed by atoms with Crippen molar-refractivity contribution < 1.29 is 4.74 Å². The van der Waals surface area contributed by atoms with Crippen molar-refractivity contribution in [3.05, 3.63) is 35.9 Å². The number of hydrogen-bond donors (Lipinski definition) is 1. The van der Waals surface area contributed by atoms with Crippen molar-refractivity contribution in [2.45, 2.75) is 25.2 Å². The Morgan fingerprint density at radius 3 is 2.63 bits per heavy atom. The predicted octanol–water partition coefficient (Wildman–Crippen LogP) is 1.65. The van der Waals surface area contributed by atoms with Crippen LogP contribution >= 0.6 is 0 Å². The van der Waals surface area contributed by atoms with Gasteiger partial charge >= 0.3 is 0 Å². The molecule has 5 heteroatoms. The van der Waals surface area contributed by atoms with Crippen LogP contribution in [-0.4, -0.2) is 28.4 Å². The van der Waals surface area contributed by atoms with Crippen molar-refractivity contribution in [1.82, 2.24) is 14.8 Å². The highest BCUT2D eigenvalue weighted by molar-refractivity contribution is 5.37. The Bertz CT molecular complexity index is 557. The first-order valence-corrected chi connectivity index (χ1v) is 6.62. The molecule has 3 rings (SSSR count). The molecule has 19 heavy (non-hydrogen) atoms. The molecule has 100 valence electrons. The maximum absolute atomic E-state index is 5.65. The van der Waals surface area contributed by atoms with E-state index in [1.807, 2.05) is 28.9 Å². The molecule has 0 atom stereocenters. The third-order valence-electron chi connectivity index (χ3n) is 3.32. The molecular formula is C14H18N4O. The smallest absolute Gasteiger partial charge is 0.154 e. The van der Waals surface area contributed by atoms with E-state index < -0.39 is 0 Å². The Morgan fingerprint density at radius 2 is 2.05 bits per heavy atom. The lowest BCUT2D eigenvalue weighted by molar-refractivity contribution is 0.414. The van der Waals surface area contributed by atoms with Crippen molar-refractivity contribution in [2.24, 2.45) is 5.73 Å². The van der Waals surface area contributed by atoms with Gasteiger partial charge in [0.05, 0.1) is 12.8 Å². The summed E-state index contributed by atoms with van der Waals surface area (Å²) >= 11 is 0. The maximum Gasteiger partial charge on any atom is 0.154 e. The molecule has 0 aliphatic heterocycles. The van der Waals surface area contributed by atoms with E-state index in [1.54, 1.807) is 7.11 Å². The Balaban J connectivity index is 1.96. The van der Waals surface area contributed by atoms with Crippen molar-refractivity contribution in [3.63, 3.8) is 0 Å². The first-order chi connectivity index (χ1) is 9.31. The number of rotatable bonds is 5. The number of methoxy groups -OCH3 is 1. The van der Waals surface area contributed by atoms with E-state index >= 15 is 0 Å². The summed E-state index contributed by atoms with van der Waals surface area (Å²) in [5.41, 5.74) is 6.66. The average Bonchev–Trinajstić information content (AvgIpc) is 3.21. The van der Waals surface area contributed by atoms with Crippen LogP contribution in [0.2, 0.25) is 0 Å². The van der Waals surface area contributed by atoms with Crippen LogP contribution in [0.25, 0.3) is 5.69 Å². The molecule has 1 saturated carbocycles. The van der Waals surface area contributed by atoms with E-state index in [0.29, 0.717) is 12.5 Å². The number of aromatic nitrogens is 3. The normalized spacial score (nSPS) is 14.6. The fraction of sp³-hybridized carbons (Fsp3) is 0.429. The molecule has 0 spiro atoms. The average molecular weight is 258 g/mol. The van der Waals surface area contributed by atoms with Crippen LogP contribution in [0.1, 0.15) is 30.4 Å². The van der Waals surface area contributed by atoms with Crippen LogP contribution in [0, 0.1) is 0 Å². The monoisotopic (exact) mass is 258 g/mol. The third kappa shape index (κ3) is 2.46. The Kier molecular flexibility index (Phi) is 3.21. The van der Waals surface area contributed by atoms with Crippen LogP contribution in [0.4, 0.5) is 0 Å². The number of nitrogens with zero attached hydrogens (tertiary/aromatic N) is 3. The largest absolute Gasteiger partial charge is 0.497 e. The van der Waals surface area contributed by atoms with Gasteiger partial charge in [-0.15, -0.1) is 0 Å². The van der Waals surface area contributed by atoms with Gasteiger partial charge in [-0.3, -0.25) is 0 Å². The summed E-state index contributed by atoms with van der Waals surface area (Å²) in [4.78, 5) is 4.62. The van der Waals surface area contributed by atoms with Gasteiger partial charge in [-0.1, -0.05) is 0 Å². The zero-order chi connectivity index (χ0) is 13.2. The van der Waals surface area contributed by atoms with E-state index in [-0.39, 0.29) is 0 Å². The maximum atomic E-state index is 5.65. The van der Waals surface area contributed by atoms with Gasteiger partial charge in [0, 0.05) is 12.3 Å². The zero-order valence-corrected chi connectivity index (χ0v) is 11.0. The second-order valence-corrected chi connectivity index (χ2v) is 4.81. The second kappa shape index (κ2) is 5.01. The minimum Gasteiger partial charge on any atom is -0.497 e. The quantitative estimate of drug-likeness (QED) is 0.885. The molecule has 0 amide bonds. The molecule has 2 aromatic rings. The Labute approximate surface area is 112 Å². The summed E-state index contributed by atoms with van der Waals surface area (Å²) in [5.74, 6) is 3.29. The SMILES string of the molecule is COc1ccc(-n2nc(C3CC3)nc2CCN)cc1. The highest BCUT2D eigenvalue weighted by Crippen LogP contribution is 2.38. The number of ether oxygens (including phenoxy) is 1. The molecule has 1 aliphatic carbocycles. The standard InChI is InChI=1S/C14H18N4O/c1-19-12-6-4-11(5-7-12)18-13(8-9-15)16-14(17-18)10-2-3-10/h4-7,10H,2-3,8-9,15H2,1H3. The minimum absolute atomic E-state index is 0.552. The molecule has 0 bridgehead atoms. The molecule has 1 heterocycles. The second-order valence-electron chi connectivity index (χ2n) is 4.81. The summed E-state index contributed by atoms with van der Waals surface area (Å²) in [6, 6.07) is 7.84. The van der Waals surface area contributed by atoms with Gasteiger partial charge in [-0.05, 0) is 43.7 Å². The first kappa shape index (κ1) is 12.2. The Hall–Kier alpha value is -1.88. The van der Waals surface area contributed by atoms with E-state index in [2.05, 4.69) is 10.1 Å². The highest BCUT2D eigenvalue weighted by Gasteiger charge is 2.29. The summed E-state index contributed by atoms with van der Waals surface area (Å²) in [7, 11) is 1.66. The predicted molar refractivity (Wildman–Crippen MR) is 72.6 cm³/mol. The van der Waals surface area contributed by atoms with Crippen molar-refractivity contribution in [2.75, 3.05) is 13.7 Å². The lowest BCUT2D eigenvalue weighted by atomic mass is 10.3. The van der Waals surface area contributed by atoms with Crippen LogP contribution in [-0.2, 0) is 6.42 Å². The molecular weight excluding hydrogens is 240 g/mol. The van der Waals surface area contributed by atoms with E-state index in [1.165, 1.54) is 12.8 Å². The highest BCUT2D eigenvalue weighted by atomic mass is 16.5. The van der Waals surface area contributed by atoms with E-state index in [0.717, 1.165) is 29.5 Å². The van der Waals surface area contributed by atoms with E-state index in [9.17, 15) is 0 Å². The molecule has 1 aliphatic rings. The number of benzene rings is 1. The zero-order valence-electron chi connectivity index (χ0n) is 11.0. The lowest BCUT2D eigenvalue weighted by Crippen LogP contribution is -2.09. The summed E-state index contributed by atoms with van der Waals surface area (Å²) in [5, 5.41) is 4.63. The molecule has 5 nitrogen and oxygen atoms in total. The van der Waals surface area contributed by atoms with Gasteiger partial charge in [-0.25, -0.2) is 9.67 Å².